The molecular weight excluding hydrogens is 426 g/mol. The molecule has 0 aliphatic heterocycles. The Hall–Kier alpha value is -3.26. The summed E-state index contributed by atoms with van der Waals surface area (Å²) in [5.74, 6) is -0.551. The molecule has 8 heteroatoms. The van der Waals surface area contributed by atoms with Gasteiger partial charge in [0.25, 0.3) is 0 Å². The van der Waals surface area contributed by atoms with Gasteiger partial charge in [-0.05, 0) is 43.2 Å². The lowest BCUT2D eigenvalue weighted by atomic mass is 9.71. The fourth-order valence-electron chi connectivity index (χ4n) is 3.87. The summed E-state index contributed by atoms with van der Waals surface area (Å²) in [6, 6.07) is 18.2. The van der Waals surface area contributed by atoms with E-state index in [-0.39, 0.29) is 6.61 Å². The number of fused-ring (bicyclic) bond motifs is 1. The average Bonchev–Trinajstić information content (AvgIpc) is 3.24. The van der Waals surface area contributed by atoms with Crippen LogP contribution in [0, 0.1) is 0 Å². The van der Waals surface area contributed by atoms with Gasteiger partial charge in [0, 0.05) is 16.8 Å². The number of hydrogen-bond acceptors (Lipinski definition) is 6. The maximum Gasteiger partial charge on any atom is 0.321 e. The number of nitrogens with two attached hydrogens (primary N) is 2. The Kier molecular flexibility index (Phi) is 5.73. The van der Waals surface area contributed by atoms with Crippen LogP contribution < -0.4 is 11.5 Å². The Morgan fingerprint density at radius 2 is 1.78 bits per heavy atom. The molecule has 2 heterocycles. The van der Waals surface area contributed by atoms with Gasteiger partial charge in [-0.3, -0.25) is 4.79 Å². The molecular formula is C24H24ClN5O2. The molecule has 4 N–H and O–H groups in total. The van der Waals surface area contributed by atoms with E-state index in [0.29, 0.717) is 21.9 Å². The second-order valence-electron chi connectivity index (χ2n) is 7.71. The third-order valence-electron chi connectivity index (χ3n) is 5.83. The van der Waals surface area contributed by atoms with Gasteiger partial charge in [-0.25, -0.2) is 9.50 Å². The van der Waals surface area contributed by atoms with Gasteiger partial charge in [0.1, 0.15) is 11.1 Å². The molecule has 4 rings (SSSR count). The molecule has 0 fully saturated rings. The van der Waals surface area contributed by atoms with Crippen LogP contribution in [-0.2, 0) is 20.6 Å². The van der Waals surface area contributed by atoms with Crippen molar-refractivity contribution in [1.82, 2.24) is 14.6 Å². The Morgan fingerprint density at radius 1 is 1.09 bits per heavy atom. The molecule has 4 aromatic rings. The molecule has 0 bridgehead atoms. The number of ether oxygens (including phenoxy) is 1. The number of halogens is 1. The van der Waals surface area contributed by atoms with Gasteiger partial charge < -0.3 is 16.2 Å². The van der Waals surface area contributed by atoms with Crippen molar-refractivity contribution >= 4 is 23.2 Å². The zero-order valence-electron chi connectivity index (χ0n) is 17.8. The van der Waals surface area contributed by atoms with Crippen LogP contribution in [0.3, 0.4) is 0 Å². The summed E-state index contributed by atoms with van der Waals surface area (Å²) in [6.07, 6.45) is 3.31. The molecule has 2 aromatic heterocycles. The third-order valence-corrected chi connectivity index (χ3v) is 6.08. The molecule has 0 aliphatic rings. The molecule has 1 atom stereocenters. The lowest BCUT2D eigenvalue weighted by molar-refractivity contribution is -0.153. The van der Waals surface area contributed by atoms with E-state index in [2.05, 4.69) is 10.1 Å². The fourth-order valence-corrected chi connectivity index (χ4v) is 3.99. The van der Waals surface area contributed by atoms with Gasteiger partial charge in [0.2, 0.25) is 0 Å². The predicted octanol–water partition coefficient (Wildman–Crippen LogP) is 3.64. The maximum absolute atomic E-state index is 13.4. The number of benzene rings is 2. The van der Waals surface area contributed by atoms with Crippen LogP contribution in [0.15, 0.2) is 73.1 Å². The standard InChI is InChI=1S/C24H24ClN5O2/c1-3-32-22(31)23(2,24(26,27)17-7-5-4-6-8-17)20-13-14-28-21-19(15-29-30(20)21)16-9-11-18(25)12-10-16/h4-15H,3,26-27H2,1-2H3. The molecule has 0 aliphatic carbocycles. The van der Waals surface area contributed by atoms with Crippen molar-refractivity contribution < 1.29 is 9.53 Å². The van der Waals surface area contributed by atoms with Crippen molar-refractivity contribution in [3.05, 3.63) is 89.3 Å². The van der Waals surface area contributed by atoms with E-state index in [4.69, 9.17) is 27.8 Å². The second-order valence-corrected chi connectivity index (χ2v) is 8.15. The van der Waals surface area contributed by atoms with Crippen molar-refractivity contribution in [2.75, 3.05) is 6.61 Å². The Labute approximate surface area is 191 Å². The van der Waals surface area contributed by atoms with E-state index >= 15 is 0 Å². The zero-order valence-corrected chi connectivity index (χ0v) is 18.6. The first-order valence-corrected chi connectivity index (χ1v) is 10.6. The molecule has 0 radical (unpaired) electrons. The smallest absolute Gasteiger partial charge is 0.321 e. The Bertz CT molecular complexity index is 1250. The largest absolute Gasteiger partial charge is 0.465 e. The van der Waals surface area contributed by atoms with Gasteiger partial charge >= 0.3 is 5.97 Å². The summed E-state index contributed by atoms with van der Waals surface area (Å²) in [6.45, 7) is 3.60. The monoisotopic (exact) mass is 449 g/mol. The number of carbonyl (C=O) groups is 1. The van der Waals surface area contributed by atoms with Gasteiger partial charge in [-0.15, -0.1) is 0 Å². The van der Waals surface area contributed by atoms with Crippen molar-refractivity contribution in [3.63, 3.8) is 0 Å². The van der Waals surface area contributed by atoms with Crippen LogP contribution in [0.25, 0.3) is 16.8 Å². The van der Waals surface area contributed by atoms with E-state index in [1.54, 1.807) is 61.1 Å². The molecule has 7 nitrogen and oxygen atoms in total. The van der Waals surface area contributed by atoms with E-state index in [9.17, 15) is 4.79 Å². The minimum absolute atomic E-state index is 0.183. The summed E-state index contributed by atoms with van der Waals surface area (Å²) in [5.41, 5.74) is 13.6. The highest BCUT2D eigenvalue weighted by Crippen LogP contribution is 2.39. The van der Waals surface area contributed by atoms with E-state index < -0.39 is 17.0 Å². The first-order valence-electron chi connectivity index (χ1n) is 10.2. The molecule has 0 saturated heterocycles. The molecule has 164 valence electrons. The fraction of sp³-hybridized carbons (Fsp3) is 0.208. The summed E-state index contributed by atoms with van der Waals surface area (Å²) < 4.78 is 7.04. The van der Waals surface area contributed by atoms with Crippen molar-refractivity contribution in [2.45, 2.75) is 24.9 Å². The van der Waals surface area contributed by atoms with Crippen molar-refractivity contribution in [2.24, 2.45) is 11.5 Å². The number of carbonyl (C=O) groups excluding carboxylic acids is 1. The summed E-state index contributed by atoms with van der Waals surface area (Å²) >= 11 is 6.03. The van der Waals surface area contributed by atoms with Gasteiger partial charge in [0.15, 0.2) is 5.65 Å². The maximum atomic E-state index is 13.4. The van der Waals surface area contributed by atoms with Crippen LogP contribution in [0.1, 0.15) is 25.1 Å². The van der Waals surface area contributed by atoms with Crippen LogP contribution in [0.4, 0.5) is 0 Å². The van der Waals surface area contributed by atoms with Crippen molar-refractivity contribution in [1.29, 1.82) is 0 Å². The number of nitrogens with zero attached hydrogens (tertiary/aromatic N) is 3. The lowest BCUT2D eigenvalue weighted by Crippen LogP contribution is -2.65. The van der Waals surface area contributed by atoms with Crippen molar-refractivity contribution in [3.8, 4) is 11.1 Å². The Balaban J connectivity index is 1.95. The minimum atomic E-state index is -1.60. The summed E-state index contributed by atoms with van der Waals surface area (Å²) in [4.78, 5) is 17.9. The first kappa shape index (κ1) is 22.0. The third kappa shape index (κ3) is 3.44. The summed E-state index contributed by atoms with van der Waals surface area (Å²) in [5, 5.41) is 5.17. The predicted molar refractivity (Wildman–Crippen MR) is 124 cm³/mol. The summed E-state index contributed by atoms with van der Waals surface area (Å²) in [7, 11) is 0. The number of rotatable bonds is 6. The quantitative estimate of drug-likeness (QED) is 0.343. The van der Waals surface area contributed by atoms with Crippen LogP contribution in [-0.4, -0.2) is 27.2 Å². The SMILES string of the molecule is CCOC(=O)C(C)(c1ccnc2c(-c3ccc(Cl)cc3)cnn12)C(N)(N)c1ccccc1. The van der Waals surface area contributed by atoms with Gasteiger partial charge in [0.05, 0.1) is 18.5 Å². The van der Waals surface area contributed by atoms with Gasteiger partial charge in [-0.1, -0.05) is 54.1 Å². The lowest BCUT2D eigenvalue weighted by Gasteiger charge is -2.41. The average molecular weight is 450 g/mol. The molecule has 32 heavy (non-hydrogen) atoms. The number of hydrogen-bond donors (Lipinski definition) is 2. The molecule has 0 spiro atoms. The minimum Gasteiger partial charge on any atom is -0.465 e. The van der Waals surface area contributed by atoms with Crippen LogP contribution in [0.5, 0.6) is 0 Å². The van der Waals surface area contributed by atoms with Crippen LogP contribution in [0.2, 0.25) is 5.02 Å². The highest BCUT2D eigenvalue weighted by atomic mass is 35.5. The normalized spacial score (nSPS) is 13.7. The Morgan fingerprint density at radius 3 is 2.44 bits per heavy atom. The molecule has 1 unspecified atom stereocenters. The van der Waals surface area contributed by atoms with Crippen LogP contribution >= 0.6 is 11.6 Å². The molecule has 2 aromatic carbocycles. The van der Waals surface area contributed by atoms with E-state index in [1.807, 2.05) is 30.3 Å². The zero-order chi connectivity index (χ0) is 22.9. The number of aromatic nitrogens is 3. The topological polar surface area (TPSA) is 109 Å². The van der Waals surface area contributed by atoms with E-state index in [0.717, 1.165) is 11.1 Å². The molecule has 0 amide bonds. The molecule has 0 saturated carbocycles. The van der Waals surface area contributed by atoms with E-state index in [1.165, 1.54) is 0 Å². The first-order chi connectivity index (χ1) is 15.3. The highest BCUT2D eigenvalue weighted by molar-refractivity contribution is 6.30. The van der Waals surface area contributed by atoms with Gasteiger partial charge in [-0.2, -0.15) is 5.10 Å². The number of esters is 1. The second kappa shape index (κ2) is 8.35. The highest BCUT2D eigenvalue weighted by Gasteiger charge is 2.54.